The maximum Gasteiger partial charge on any atom is 0.414 e. The minimum Gasteiger partial charge on any atom is -0.473 e. The Morgan fingerprint density at radius 1 is 1.14 bits per heavy atom. The number of carboxylic acids is 2. The maximum absolute atomic E-state index is 11.8. The highest BCUT2D eigenvalue weighted by atomic mass is 32.1. The van der Waals surface area contributed by atoms with Crippen LogP contribution in [0.4, 0.5) is 0 Å². The van der Waals surface area contributed by atoms with Crippen LogP contribution < -0.4 is 0 Å². The smallest absolute Gasteiger partial charge is 0.414 e. The third-order valence-electron chi connectivity index (χ3n) is 2.94. The van der Waals surface area contributed by atoms with Crippen LogP contribution in [-0.4, -0.2) is 77.5 Å². The number of likely N-dealkylation sites (N-methyl/N-ethyl adjacent to an activating group) is 1. The predicted octanol–water partition coefficient (Wildman–Crippen LogP) is 0.334. The second kappa shape index (κ2) is 8.50. The lowest BCUT2D eigenvalue weighted by Gasteiger charge is -2.31. The van der Waals surface area contributed by atoms with Crippen molar-refractivity contribution < 1.29 is 24.6 Å². The van der Waals surface area contributed by atoms with Crippen LogP contribution in [0.1, 0.15) is 9.67 Å². The SMILES string of the molecule is CN1CCN(CC(=O)c2cccs2)CC1.O=C(O)C(=O)O. The molecule has 2 rings (SSSR count). The van der Waals surface area contributed by atoms with Crippen molar-refractivity contribution in [1.82, 2.24) is 9.80 Å². The second-order valence-electron chi connectivity index (χ2n) is 4.59. The largest absolute Gasteiger partial charge is 0.473 e. The van der Waals surface area contributed by atoms with E-state index >= 15 is 0 Å². The molecule has 0 atom stereocenters. The van der Waals surface area contributed by atoms with Gasteiger partial charge >= 0.3 is 11.9 Å². The maximum atomic E-state index is 11.8. The van der Waals surface area contributed by atoms with Gasteiger partial charge in [-0.2, -0.15) is 0 Å². The molecule has 1 aromatic heterocycles. The summed E-state index contributed by atoms with van der Waals surface area (Å²) in [6.45, 7) is 4.73. The molecule has 0 aromatic carbocycles. The Bertz CT molecular complexity index is 469. The zero-order chi connectivity index (χ0) is 15.8. The van der Waals surface area contributed by atoms with E-state index in [0.717, 1.165) is 31.1 Å². The number of piperazine rings is 1. The van der Waals surface area contributed by atoms with Gasteiger partial charge in [0, 0.05) is 26.2 Å². The van der Waals surface area contributed by atoms with Crippen LogP contribution in [0.15, 0.2) is 17.5 Å². The zero-order valence-electron chi connectivity index (χ0n) is 11.7. The summed E-state index contributed by atoms with van der Waals surface area (Å²) in [5.41, 5.74) is 0. The lowest BCUT2D eigenvalue weighted by Crippen LogP contribution is -2.46. The van der Waals surface area contributed by atoms with E-state index < -0.39 is 11.9 Å². The topological polar surface area (TPSA) is 98.2 Å². The van der Waals surface area contributed by atoms with Crippen molar-refractivity contribution in [3.8, 4) is 0 Å². The van der Waals surface area contributed by atoms with Crippen LogP contribution in [0.3, 0.4) is 0 Å². The average Bonchev–Trinajstić information content (AvgIpc) is 2.96. The molecule has 1 saturated heterocycles. The van der Waals surface area contributed by atoms with E-state index in [0.29, 0.717) is 6.54 Å². The number of aliphatic carboxylic acids is 2. The number of hydrogen-bond donors (Lipinski definition) is 2. The van der Waals surface area contributed by atoms with E-state index in [9.17, 15) is 4.79 Å². The molecule has 0 aliphatic carbocycles. The molecule has 7 nitrogen and oxygen atoms in total. The summed E-state index contributed by atoms with van der Waals surface area (Å²) < 4.78 is 0. The minimum absolute atomic E-state index is 0.259. The van der Waals surface area contributed by atoms with E-state index in [2.05, 4.69) is 16.8 Å². The first-order chi connectivity index (χ1) is 9.90. The van der Waals surface area contributed by atoms with Gasteiger partial charge in [0.2, 0.25) is 0 Å². The fourth-order valence-electron chi connectivity index (χ4n) is 1.72. The van der Waals surface area contributed by atoms with Crippen molar-refractivity contribution >= 4 is 29.1 Å². The van der Waals surface area contributed by atoms with Crippen LogP contribution in [-0.2, 0) is 9.59 Å². The van der Waals surface area contributed by atoms with Crippen molar-refractivity contribution in [3.63, 3.8) is 0 Å². The number of carboxylic acid groups (broad SMARTS) is 2. The highest BCUT2D eigenvalue weighted by molar-refractivity contribution is 7.12. The highest BCUT2D eigenvalue weighted by Gasteiger charge is 2.17. The van der Waals surface area contributed by atoms with Crippen LogP contribution in [0.2, 0.25) is 0 Å². The van der Waals surface area contributed by atoms with Gasteiger partial charge < -0.3 is 15.1 Å². The second-order valence-corrected chi connectivity index (χ2v) is 5.54. The lowest BCUT2D eigenvalue weighted by atomic mass is 10.2. The number of ketones is 1. The Morgan fingerprint density at radius 3 is 2.14 bits per heavy atom. The Balaban J connectivity index is 0.000000315. The van der Waals surface area contributed by atoms with Gasteiger partial charge in [0.25, 0.3) is 0 Å². The summed E-state index contributed by atoms with van der Waals surface area (Å²) in [7, 11) is 2.12. The molecular weight excluding hydrogens is 296 g/mol. The number of hydrogen-bond acceptors (Lipinski definition) is 6. The third-order valence-corrected chi connectivity index (χ3v) is 3.85. The molecule has 0 amide bonds. The summed E-state index contributed by atoms with van der Waals surface area (Å²) in [5.74, 6) is -3.39. The zero-order valence-corrected chi connectivity index (χ0v) is 12.5. The molecule has 0 saturated carbocycles. The van der Waals surface area contributed by atoms with E-state index in [1.54, 1.807) is 0 Å². The van der Waals surface area contributed by atoms with Crippen molar-refractivity contribution in [2.24, 2.45) is 0 Å². The summed E-state index contributed by atoms with van der Waals surface area (Å²) >= 11 is 1.53. The van der Waals surface area contributed by atoms with E-state index in [1.807, 2.05) is 17.5 Å². The Morgan fingerprint density at radius 2 is 1.71 bits per heavy atom. The molecule has 8 heteroatoms. The van der Waals surface area contributed by atoms with E-state index in [1.165, 1.54) is 11.3 Å². The number of thiophene rings is 1. The minimum atomic E-state index is -1.82. The molecule has 1 aromatic rings. The van der Waals surface area contributed by atoms with Crippen LogP contribution >= 0.6 is 11.3 Å². The van der Waals surface area contributed by atoms with E-state index in [4.69, 9.17) is 19.8 Å². The predicted molar refractivity (Wildman–Crippen MR) is 77.9 cm³/mol. The van der Waals surface area contributed by atoms with Gasteiger partial charge in [0.05, 0.1) is 11.4 Å². The molecule has 2 N–H and O–H groups in total. The molecule has 0 radical (unpaired) electrons. The van der Waals surface area contributed by atoms with Gasteiger partial charge in [-0.25, -0.2) is 9.59 Å². The van der Waals surface area contributed by atoms with Gasteiger partial charge in [0.15, 0.2) is 5.78 Å². The molecule has 116 valence electrons. The fraction of sp³-hybridized carbons (Fsp3) is 0.462. The summed E-state index contributed by atoms with van der Waals surface area (Å²) in [4.78, 5) is 35.4. The van der Waals surface area contributed by atoms with Crippen molar-refractivity contribution in [2.75, 3.05) is 39.8 Å². The molecule has 1 aliphatic heterocycles. The van der Waals surface area contributed by atoms with Crippen molar-refractivity contribution in [3.05, 3.63) is 22.4 Å². The Labute approximate surface area is 126 Å². The molecule has 0 spiro atoms. The van der Waals surface area contributed by atoms with Crippen LogP contribution in [0.5, 0.6) is 0 Å². The standard InChI is InChI=1S/C11H16N2OS.C2H2O4/c1-12-4-6-13(7-5-12)9-10(14)11-3-2-8-15-11;3-1(4)2(5)6/h2-3,8H,4-7,9H2,1H3;(H,3,4)(H,5,6). The molecular formula is C13H18N2O5S. The molecule has 2 heterocycles. The number of carbonyl (C=O) groups excluding carboxylic acids is 1. The normalized spacial score (nSPS) is 15.9. The molecule has 21 heavy (non-hydrogen) atoms. The summed E-state index contributed by atoms with van der Waals surface area (Å²) in [6.07, 6.45) is 0. The first-order valence-electron chi connectivity index (χ1n) is 6.34. The Kier molecular flexibility index (Phi) is 7.00. The molecule has 1 aliphatic rings. The third kappa shape index (κ3) is 6.48. The number of carbonyl (C=O) groups is 3. The van der Waals surface area contributed by atoms with Gasteiger partial charge in [-0.3, -0.25) is 9.69 Å². The first-order valence-corrected chi connectivity index (χ1v) is 7.22. The van der Waals surface area contributed by atoms with Crippen LogP contribution in [0, 0.1) is 0 Å². The highest BCUT2D eigenvalue weighted by Crippen LogP contribution is 2.10. The van der Waals surface area contributed by atoms with Gasteiger partial charge in [0.1, 0.15) is 0 Å². The Hall–Kier alpha value is -1.77. The molecule has 0 bridgehead atoms. The summed E-state index contributed by atoms with van der Waals surface area (Å²) in [6, 6.07) is 3.84. The van der Waals surface area contributed by atoms with Crippen LogP contribution in [0.25, 0.3) is 0 Å². The summed E-state index contributed by atoms with van der Waals surface area (Å²) in [5, 5.41) is 16.7. The van der Waals surface area contributed by atoms with E-state index in [-0.39, 0.29) is 5.78 Å². The quantitative estimate of drug-likeness (QED) is 0.613. The van der Waals surface area contributed by atoms with Crippen molar-refractivity contribution in [2.45, 2.75) is 0 Å². The lowest BCUT2D eigenvalue weighted by molar-refractivity contribution is -0.159. The molecule has 0 unspecified atom stereocenters. The molecule has 1 fully saturated rings. The van der Waals surface area contributed by atoms with Crippen molar-refractivity contribution in [1.29, 1.82) is 0 Å². The average molecular weight is 314 g/mol. The number of Topliss-reactive ketones (excluding diaryl/α,β-unsaturated/α-hetero) is 1. The van der Waals surface area contributed by atoms with Gasteiger partial charge in [-0.05, 0) is 18.5 Å². The number of rotatable bonds is 3. The van der Waals surface area contributed by atoms with Gasteiger partial charge in [-0.1, -0.05) is 6.07 Å². The number of nitrogens with zero attached hydrogens (tertiary/aromatic N) is 2. The monoisotopic (exact) mass is 314 g/mol. The first kappa shape index (κ1) is 17.3. The fourth-order valence-corrected chi connectivity index (χ4v) is 2.38. The van der Waals surface area contributed by atoms with Gasteiger partial charge in [-0.15, -0.1) is 11.3 Å².